The van der Waals surface area contributed by atoms with Crippen molar-refractivity contribution in [3.8, 4) is 0 Å². The highest BCUT2D eigenvalue weighted by Gasteiger charge is 2.37. The minimum absolute atomic E-state index is 0.0845. The Morgan fingerprint density at radius 2 is 1.52 bits per heavy atom. The summed E-state index contributed by atoms with van der Waals surface area (Å²) in [5, 5.41) is 3.44. The monoisotopic (exact) mass is 524 g/mol. The summed E-state index contributed by atoms with van der Waals surface area (Å²) < 4.78 is 6.70. The molecule has 0 radical (unpaired) electrons. The molecule has 0 aliphatic rings. The summed E-state index contributed by atoms with van der Waals surface area (Å²) in [7, 11) is 2.05. The predicted octanol–water partition coefficient (Wildman–Crippen LogP) is 3.50. The van der Waals surface area contributed by atoms with Gasteiger partial charge in [0, 0.05) is 81.5 Å². The van der Waals surface area contributed by atoms with Gasteiger partial charge in [-0.2, -0.15) is 0 Å². The molecule has 6 heteroatoms. The van der Waals surface area contributed by atoms with E-state index in [9.17, 15) is 0 Å². The normalized spacial score (nSPS) is 15.6. The third-order valence-electron chi connectivity index (χ3n) is 4.05. The number of hydrogen-bond donors (Lipinski definition) is 3. The van der Waals surface area contributed by atoms with Gasteiger partial charge in [0.15, 0.2) is 0 Å². The molecule has 1 unspecified atom stereocenters. The average molecular weight is 524 g/mol. The van der Waals surface area contributed by atoms with Gasteiger partial charge in [-0.3, -0.25) is 12.0 Å². The molecule has 3 N–H and O–H groups in total. The maximum Gasteiger partial charge on any atom is 0.0345 e. The molecule has 0 fully saturated rings. The number of rotatable bonds is 10. The van der Waals surface area contributed by atoms with E-state index in [4.69, 9.17) is 0 Å². The highest BCUT2D eigenvalue weighted by Crippen LogP contribution is 2.29. The molecule has 0 aromatic carbocycles. The van der Waals surface area contributed by atoms with Crippen molar-refractivity contribution in [2.24, 2.45) is 0 Å². The number of halogens is 2. The lowest BCUT2D eigenvalue weighted by Crippen LogP contribution is -2.60. The van der Waals surface area contributed by atoms with Crippen LogP contribution in [0.3, 0.4) is 0 Å². The van der Waals surface area contributed by atoms with Gasteiger partial charge in [-0.05, 0) is 61.9 Å². The summed E-state index contributed by atoms with van der Waals surface area (Å²) in [6.07, 6.45) is 1.10. The molecule has 21 heavy (non-hydrogen) atoms. The second-order valence-corrected chi connectivity index (χ2v) is 9.22. The molecule has 0 aliphatic heterocycles. The van der Waals surface area contributed by atoms with Crippen LogP contribution in [0.25, 0.3) is 0 Å². The van der Waals surface area contributed by atoms with Crippen molar-refractivity contribution in [3.63, 3.8) is 0 Å². The summed E-state index contributed by atoms with van der Waals surface area (Å²) in [5.41, 5.74) is 0.326. The van der Waals surface area contributed by atoms with E-state index in [0.29, 0.717) is 6.04 Å². The quantitative estimate of drug-likeness (QED) is 0.303. The van der Waals surface area contributed by atoms with Gasteiger partial charge in [-0.15, -0.1) is 0 Å². The molecule has 1 atom stereocenters. The Hall–Kier alpha value is 1.30. The zero-order valence-electron chi connectivity index (χ0n) is 14.9. The molecule has 0 rings (SSSR count). The molecule has 0 aliphatic carbocycles. The number of nitrogens with one attached hydrogen (secondary N) is 3. The van der Waals surface area contributed by atoms with E-state index in [-0.39, 0.29) is 16.6 Å². The standard InChI is InChI=1S/C15H34I2N4/c1-12(9-19-16)21(11-14(4,5)20-17)15(6,7)10-13(2,3)18-8/h12,18-20H,9-11H2,1-8H3. The third-order valence-corrected chi connectivity index (χ3v) is 5.96. The lowest BCUT2D eigenvalue weighted by molar-refractivity contribution is 0.0345. The van der Waals surface area contributed by atoms with Crippen molar-refractivity contribution in [1.29, 1.82) is 0 Å². The number of nitrogens with zero attached hydrogens (tertiary/aromatic N) is 1. The third kappa shape index (κ3) is 8.10. The Morgan fingerprint density at radius 1 is 1.00 bits per heavy atom. The minimum Gasteiger partial charge on any atom is -0.315 e. The SMILES string of the molecule is CNC(C)(C)CC(C)(C)N(CC(C)(C)NI)C(C)CNI. The van der Waals surface area contributed by atoms with E-state index < -0.39 is 0 Å². The number of hydrogen-bond acceptors (Lipinski definition) is 4. The van der Waals surface area contributed by atoms with E-state index >= 15 is 0 Å². The Labute approximate surface area is 159 Å². The largest absolute Gasteiger partial charge is 0.315 e. The topological polar surface area (TPSA) is 39.3 Å². The van der Waals surface area contributed by atoms with Crippen LogP contribution in [0.4, 0.5) is 0 Å². The summed E-state index contributed by atoms with van der Waals surface area (Å²) in [4.78, 5) is 2.63. The molecule has 0 aromatic heterocycles. The maximum absolute atomic E-state index is 3.44. The van der Waals surface area contributed by atoms with Crippen molar-refractivity contribution in [1.82, 2.24) is 17.3 Å². The first-order valence-electron chi connectivity index (χ1n) is 7.58. The fraction of sp³-hybridized carbons (Fsp3) is 1.00. The highest BCUT2D eigenvalue weighted by atomic mass is 127. The first kappa shape index (κ1) is 22.3. The molecule has 0 bridgehead atoms. The van der Waals surface area contributed by atoms with Gasteiger partial charge in [-0.1, -0.05) is 0 Å². The first-order valence-corrected chi connectivity index (χ1v) is 9.73. The molecule has 128 valence electrons. The van der Waals surface area contributed by atoms with Crippen LogP contribution in [0.5, 0.6) is 0 Å². The second kappa shape index (κ2) is 8.96. The van der Waals surface area contributed by atoms with Crippen molar-refractivity contribution in [3.05, 3.63) is 0 Å². The van der Waals surface area contributed by atoms with E-state index in [1.807, 2.05) is 7.05 Å². The summed E-state index contributed by atoms with van der Waals surface area (Å²) in [6.45, 7) is 18.1. The molecular weight excluding hydrogens is 490 g/mol. The fourth-order valence-electron chi connectivity index (χ4n) is 2.92. The Morgan fingerprint density at radius 3 is 1.90 bits per heavy atom. The van der Waals surface area contributed by atoms with Gasteiger partial charge < -0.3 is 5.32 Å². The van der Waals surface area contributed by atoms with Crippen molar-refractivity contribution >= 4 is 45.7 Å². The molecule has 0 saturated carbocycles. The molecule has 0 aromatic rings. The van der Waals surface area contributed by atoms with E-state index in [1.54, 1.807) is 0 Å². The Balaban J connectivity index is 5.26. The van der Waals surface area contributed by atoms with Crippen LogP contribution in [0.2, 0.25) is 0 Å². The summed E-state index contributed by atoms with van der Waals surface area (Å²) >= 11 is 4.51. The van der Waals surface area contributed by atoms with E-state index in [1.165, 1.54) is 0 Å². The molecule has 4 nitrogen and oxygen atoms in total. The predicted molar refractivity (Wildman–Crippen MR) is 111 cm³/mol. The van der Waals surface area contributed by atoms with Crippen LogP contribution in [0, 0.1) is 0 Å². The van der Waals surface area contributed by atoms with E-state index in [0.717, 1.165) is 19.5 Å². The van der Waals surface area contributed by atoms with Gasteiger partial charge in [0.2, 0.25) is 0 Å². The zero-order valence-corrected chi connectivity index (χ0v) is 19.2. The smallest absolute Gasteiger partial charge is 0.0345 e. The van der Waals surface area contributed by atoms with Gasteiger partial charge in [-0.25, -0.2) is 0 Å². The minimum atomic E-state index is 0.0845. The van der Waals surface area contributed by atoms with Gasteiger partial charge >= 0.3 is 0 Å². The van der Waals surface area contributed by atoms with Gasteiger partial charge in [0.1, 0.15) is 0 Å². The first-order chi connectivity index (χ1) is 9.40. The van der Waals surface area contributed by atoms with Crippen LogP contribution in [-0.2, 0) is 0 Å². The molecule has 0 saturated heterocycles. The van der Waals surface area contributed by atoms with Crippen molar-refractivity contribution in [2.45, 2.75) is 77.5 Å². The average Bonchev–Trinajstić information content (AvgIpc) is 2.35. The summed E-state index contributed by atoms with van der Waals surface area (Å²) in [6, 6.07) is 0.480. The van der Waals surface area contributed by atoms with Crippen LogP contribution in [0.15, 0.2) is 0 Å². The van der Waals surface area contributed by atoms with Crippen LogP contribution in [0.1, 0.15) is 54.9 Å². The van der Waals surface area contributed by atoms with Crippen LogP contribution < -0.4 is 12.4 Å². The lowest BCUT2D eigenvalue weighted by atomic mass is 9.84. The van der Waals surface area contributed by atoms with E-state index in [2.05, 4.69) is 111 Å². The Kier molecular flexibility index (Phi) is 9.51. The van der Waals surface area contributed by atoms with Gasteiger partial charge in [0.25, 0.3) is 0 Å². The molecule has 0 amide bonds. The maximum atomic E-state index is 3.44. The van der Waals surface area contributed by atoms with Crippen molar-refractivity contribution in [2.75, 3.05) is 20.1 Å². The Bertz CT molecular complexity index is 306. The van der Waals surface area contributed by atoms with Crippen LogP contribution in [-0.4, -0.2) is 47.7 Å². The summed E-state index contributed by atoms with van der Waals surface area (Å²) in [5.74, 6) is 0. The molecule has 0 heterocycles. The highest BCUT2D eigenvalue weighted by molar-refractivity contribution is 14.1. The fourth-order valence-corrected chi connectivity index (χ4v) is 3.72. The lowest BCUT2D eigenvalue weighted by Gasteiger charge is -2.49. The second-order valence-electron chi connectivity index (χ2n) is 7.92. The van der Waals surface area contributed by atoms with Crippen molar-refractivity contribution < 1.29 is 0 Å². The molecule has 0 spiro atoms. The zero-order chi connectivity index (χ0) is 16.9. The van der Waals surface area contributed by atoms with Gasteiger partial charge in [0.05, 0.1) is 0 Å². The molecular formula is C15H34I2N4. The van der Waals surface area contributed by atoms with Crippen LogP contribution >= 0.6 is 45.7 Å².